The number of carbonyl (C=O) groups is 1. The summed E-state index contributed by atoms with van der Waals surface area (Å²) >= 11 is 0. The Bertz CT molecular complexity index is 1350. The fourth-order valence-corrected chi connectivity index (χ4v) is 5.99. The summed E-state index contributed by atoms with van der Waals surface area (Å²) in [5.41, 5.74) is 13.2. The molecule has 0 saturated heterocycles. The van der Waals surface area contributed by atoms with Gasteiger partial charge in [-0.3, -0.25) is 14.6 Å². The molecule has 7 heteroatoms. The second-order valence-corrected chi connectivity index (χ2v) is 11.1. The number of aromatic nitrogens is 2. The van der Waals surface area contributed by atoms with Crippen LogP contribution in [0.25, 0.3) is 11.1 Å². The number of hydrogen-bond donors (Lipinski definition) is 3. The molecule has 1 saturated carbocycles. The van der Waals surface area contributed by atoms with Gasteiger partial charge >= 0.3 is 0 Å². The molecule has 3 aromatic rings. The molecule has 2 aromatic heterocycles. The molecular formula is C31H41N5O2. The van der Waals surface area contributed by atoms with Crippen LogP contribution in [0.1, 0.15) is 70.9 Å². The van der Waals surface area contributed by atoms with Gasteiger partial charge in [-0.05, 0) is 114 Å². The van der Waals surface area contributed by atoms with Gasteiger partial charge in [0.2, 0.25) is 5.91 Å². The van der Waals surface area contributed by atoms with Crippen LogP contribution in [0.15, 0.2) is 41.5 Å². The molecular weight excluding hydrogens is 474 g/mol. The van der Waals surface area contributed by atoms with Gasteiger partial charge in [0, 0.05) is 59.0 Å². The van der Waals surface area contributed by atoms with Crippen molar-refractivity contribution in [3.05, 3.63) is 80.5 Å². The van der Waals surface area contributed by atoms with E-state index < -0.39 is 5.91 Å². The van der Waals surface area contributed by atoms with E-state index in [1.54, 1.807) is 12.4 Å². The van der Waals surface area contributed by atoms with Gasteiger partial charge < -0.3 is 20.9 Å². The normalized spacial score (nSPS) is 18.4. The minimum absolute atomic E-state index is 0.0859. The zero-order chi connectivity index (χ0) is 27.6. The second kappa shape index (κ2) is 11.5. The van der Waals surface area contributed by atoms with Gasteiger partial charge in [0.15, 0.2) is 0 Å². The third kappa shape index (κ3) is 5.83. The van der Waals surface area contributed by atoms with Crippen molar-refractivity contribution in [2.24, 2.45) is 11.7 Å². The van der Waals surface area contributed by atoms with Gasteiger partial charge in [-0.25, -0.2) is 0 Å². The summed E-state index contributed by atoms with van der Waals surface area (Å²) in [6, 6.07) is 8.55. The SMILES string of the molecule is Cc1cc(C)c(Cc2c(-c3cccnc3)cc(C(N)=O)c(C)c2NC(C)C2CCC(N(C)C)CC2)c(=O)[nH]1. The monoisotopic (exact) mass is 515 g/mol. The Morgan fingerprint density at radius 2 is 1.87 bits per heavy atom. The topological polar surface area (TPSA) is 104 Å². The van der Waals surface area contributed by atoms with Gasteiger partial charge in [0.05, 0.1) is 0 Å². The number of nitrogens with one attached hydrogen (secondary N) is 2. The summed E-state index contributed by atoms with van der Waals surface area (Å²) in [4.78, 5) is 35.3. The van der Waals surface area contributed by atoms with Crippen molar-refractivity contribution in [3.63, 3.8) is 0 Å². The Morgan fingerprint density at radius 3 is 2.45 bits per heavy atom. The van der Waals surface area contributed by atoms with Crippen LogP contribution < -0.4 is 16.6 Å². The Morgan fingerprint density at radius 1 is 1.16 bits per heavy atom. The zero-order valence-electron chi connectivity index (χ0n) is 23.5. The highest BCUT2D eigenvalue weighted by molar-refractivity contribution is 5.98. The number of primary amides is 1. The van der Waals surface area contributed by atoms with E-state index >= 15 is 0 Å². The number of benzene rings is 1. The van der Waals surface area contributed by atoms with Crippen LogP contribution in [0.2, 0.25) is 0 Å². The molecule has 1 aliphatic carbocycles. The molecule has 38 heavy (non-hydrogen) atoms. The van der Waals surface area contributed by atoms with E-state index in [0.717, 1.165) is 52.0 Å². The van der Waals surface area contributed by atoms with Gasteiger partial charge in [0.25, 0.3) is 5.56 Å². The molecule has 4 rings (SSSR count). The number of aromatic amines is 1. The molecule has 7 nitrogen and oxygen atoms in total. The van der Waals surface area contributed by atoms with E-state index in [9.17, 15) is 9.59 Å². The molecule has 1 aliphatic rings. The van der Waals surface area contributed by atoms with Crippen LogP contribution in [0.4, 0.5) is 5.69 Å². The van der Waals surface area contributed by atoms with E-state index in [4.69, 9.17) is 5.73 Å². The van der Waals surface area contributed by atoms with Gasteiger partial charge in [0.1, 0.15) is 0 Å². The third-order valence-corrected chi connectivity index (χ3v) is 8.33. The first-order chi connectivity index (χ1) is 18.1. The van der Waals surface area contributed by atoms with Crippen LogP contribution in [0.5, 0.6) is 0 Å². The van der Waals surface area contributed by atoms with Gasteiger partial charge in [-0.2, -0.15) is 0 Å². The van der Waals surface area contributed by atoms with Gasteiger partial charge in [-0.15, -0.1) is 0 Å². The Hall–Kier alpha value is -3.45. The van der Waals surface area contributed by atoms with Crippen LogP contribution in [0.3, 0.4) is 0 Å². The molecule has 1 amide bonds. The number of rotatable bonds is 8. The molecule has 1 fully saturated rings. The zero-order valence-corrected chi connectivity index (χ0v) is 23.5. The van der Waals surface area contributed by atoms with E-state index in [-0.39, 0.29) is 11.6 Å². The average Bonchev–Trinajstić information content (AvgIpc) is 2.88. The standard InChI is InChI=1S/C31H41N5O2/c1-18-14-19(2)34-31(38)25(18)15-28-27(23-8-7-13-33-17-23)16-26(30(32)37)20(3)29(28)35-21(4)22-9-11-24(12-10-22)36(5)6/h7-8,13-14,16-17,21-22,24,35H,9-12,15H2,1-6H3,(H2,32,37)(H,34,38). The Balaban J connectivity index is 1.83. The summed E-state index contributed by atoms with van der Waals surface area (Å²) in [7, 11) is 4.32. The van der Waals surface area contributed by atoms with Crippen LogP contribution in [-0.4, -0.2) is 47.0 Å². The molecule has 2 heterocycles. The average molecular weight is 516 g/mol. The van der Waals surface area contributed by atoms with E-state index in [2.05, 4.69) is 41.2 Å². The number of amides is 1. The van der Waals surface area contributed by atoms with E-state index in [1.165, 1.54) is 12.8 Å². The predicted molar refractivity (Wildman–Crippen MR) is 155 cm³/mol. The molecule has 0 aliphatic heterocycles. The molecule has 202 valence electrons. The van der Waals surface area contributed by atoms with Crippen molar-refractivity contribution in [2.45, 2.75) is 71.9 Å². The van der Waals surface area contributed by atoms with Crippen molar-refractivity contribution in [2.75, 3.05) is 19.4 Å². The van der Waals surface area contributed by atoms with E-state index in [1.807, 2.05) is 45.0 Å². The molecule has 1 aromatic carbocycles. The Kier molecular flexibility index (Phi) is 8.36. The predicted octanol–water partition coefficient (Wildman–Crippen LogP) is 4.97. The quantitative estimate of drug-likeness (QED) is 0.393. The molecule has 0 radical (unpaired) electrons. The number of aryl methyl sites for hydroxylation is 2. The third-order valence-electron chi connectivity index (χ3n) is 8.33. The molecule has 0 bridgehead atoms. The fraction of sp³-hybridized carbons (Fsp3) is 0.452. The number of hydrogen-bond acceptors (Lipinski definition) is 5. The van der Waals surface area contributed by atoms with Crippen molar-refractivity contribution in [1.29, 1.82) is 0 Å². The molecule has 4 N–H and O–H groups in total. The lowest BCUT2D eigenvalue weighted by Gasteiger charge is -2.36. The number of pyridine rings is 2. The lowest BCUT2D eigenvalue weighted by molar-refractivity contribution is 0.0999. The van der Waals surface area contributed by atoms with Crippen molar-refractivity contribution in [3.8, 4) is 11.1 Å². The number of H-pyrrole nitrogens is 1. The van der Waals surface area contributed by atoms with Crippen LogP contribution >= 0.6 is 0 Å². The number of nitrogens with zero attached hydrogens (tertiary/aromatic N) is 2. The highest BCUT2D eigenvalue weighted by Gasteiger charge is 2.28. The lowest BCUT2D eigenvalue weighted by atomic mass is 9.81. The summed E-state index contributed by atoms with van der Waals surface area (Å²) in [6.07, 6.45) is 8.59. The maximum Gasteiger partial charge on any atom is 0.251 e. The van der Waals surface area contributed by atoms with Crippen molar-refractivity contribution in [1.82, 2.24) is 14.9 Å². The maximum atomic E-state index is 13.1. The molecule has 1 unspecified atom stereocenters. The van der Waals surface area contributed by atoms with E-state index in [0.29, 0.717) is 29.5 Å². The highest BCUT2D eigenvalue weighted by atomic mass is 16.1. The van der Waals surface area contributed by atoms with Crippen molar-refractivity contribution >= 4 is 11.6 Å². The summed E-state index contributed by atoms with van der Waals surface area (Å²) in [5.74, 6) is 0.0489. The number of anilines is 1. The van der Waals surface area contributed by atoms with Gasteiger partial charge in [-0.1, -0.05) is 6.07 Å². The summed E-state index contributed by atoms with van der Waals surface area (Å²) in [6.45, 7) is 8.05. The number of carbonyl (C=O) groups excluding carboxylic acids is 1. The largest absolute Gasteiger partial charge is 0.382 e. The summed E-state index contributed by atoms with van der Waals surface area (Å²) in [5, 5.41) is 3.81. The summed E-state index contributed by atoms with van der Waals surface area (Å²) < 4.78 is 0. The first-order valence-electron chi connectivity index (χ1n) is 13.6. The highest BCUT2D eigenvalue weighted by Crippen LogP contribution is 2.38. The minimum atomic E-state index is -0.467. The fourth-order valence-electron chi connectivity index (χ4n) is 5.99. The second-order valence-electron chi connectivity index (χ2n) is 11.1. The lowest BCUT2D eigenvalue weighted by Crippen LogP contribution is -2.37. The Labute approximate surface area is 225 Å². The number of nitrogens with two attached hydrogens (primary N) is 1. The smallest absolute Gasteiger partial charge is 0.251 e. The van der Waals surface area contributed by atoms with Crippen LogP contribution in [0, 0.1) is 26.7 Å². The first kappa shape index (κ1) is 27.6. The van der Waals surface area contributed by atoms with Crippen LogP contribution in [-0.2, 0) is 6.42 Å². The molecule has 1 atom stereocenters. The first-order valence-corrected chi connectivity index (χ1v) is 13.6. The minimum Gasteiger partial charge on any atom is -0.382 e. The maximum absolute atomic E-state index is 13.1. The van der Waals surface area contributed by atoms with Crippen molar-refractivity contribution < 1.29 is 4.79 Å². The molecule has 0 spiro atoms.